The quantitative estimate of drug-likeness (QED) is 0.377. The van der Waals surface area contributed by atoms with Crippen LogP contribution in [0, 0.1) is 0 Å². The second-order valence-corrected chi connectivity index (χ2v) is 7.58. The Morgan fingerprint density at radius 1 is 1.23 bits per heavy atom. The number of anilines is 1. The van der Waals surface area contributed by atoms with Gasteiger partial charge in [0.2, 0.25) is 11.5 Å². The van der Waals surface area contributed by atoms with E-state index in [0.29, 0.717) is 38.9 Å². The lowest BCUT2D eigenvalue weighted by Gasteiger charge is -2.08. The van der Waals surface area contributed by atoms with Crippen LogP contribution in [0.1, 0.15) is 5.69 Å². The van der Waals surface area contributed by atoms with E-state index in [0.717, 1.165) is 10.8 Å². The number of hydrogen-bond donors (Lipinski definition) is 3. The van der Waals surface area contributed by atoms with Gasteiger partial charge in [0.15, 0.2) is 0 Å². The SMILES string of the molecule is Bc1ccc2oc3c(=O)[nH]c(-c4ccc(NC(=O)Cc5c[nH]cn5)cc4Cl)nc3c2c1. The fourth-order valence-electron chi connectivity index (χ4n) is 3.44. The number of nitrogens with one attached hydrogen (secondary N) is 3. The molecule has 0 saturated carbocycles. The largest absolute Gasteiger partial charge is 0.449 e. The highest BCUT2D eigenvalue weighted by Gasteiger charge is 2.16. The number of carbonyl (C=O) groups is 1. The molecule has 3 aromatic heterocycles. The maximum absolute atomic E-state index is 12.6. The van der Waals surface area contributed by atoms with Crippen LogP contribution in [0.15, 0.2) is 58.1 Å². The third-order valence-corrected chi connectivity index (χ3v) is 5.20. The summed E-state index contributed by atoms with van der Waals surface area (Å²) < 4.78 is 5.67. The highest BCUT2D eigenvalue weighted by atomic mass is 35.5. The summed E-state index contributed by atoms with van der Waals surface area (Å²) in [7, 11) is 1.96. The van der Waals surface area contributed by atoms with Gasteiger partial charge in [-0.2, -0.15) is 0 Å². The van der Waals surface area contributed by atoms with E-state index in [2.05, 4.69) is 25.3 Å². The molecule has 0 bridgehead atoms. The van der Waals surface area contributed by atoms with E-state index in [4.69, 9.17) is 16.0 Å². The predicted octanol–water partition coefficient (Wildman–Crippen LogP) is 2.15. The Morgan fingerprint density at radius 2 is 2.10 bits per heavy atom. The lowest BCUT2D eigenvalue weighted by Crippen LogP contribution is -2.14. The zero-order valence-electron chi connectivity index (χ0n) is 16.3. The molecule has 0 aliphatic rings. The summed E-state index contributed by atoms with van der Waals surface area (Å²) in [5, 5.41) is 3.88. The van der Waals surface area contributed by atoms with Crippen molar-refractivity contribution in [3.05, 3.63) is 70.0 Å². The number of aromatic nitrogens is 4. The number of benzene rings is 2. The molecule has 0 fully saturated rings. The fraction of sp³-hybridized carbons (Fsp3) is 0.0476. The highest BCUT2D eigenvalue weighted by molar-refractivity contribution is 6.34. The van der Waals surface area contributed by atoms with Crippen LogP contribution in [0.2, 0.25) is 5.02 Å². The summed E-state index contributed by atoms with van der Waals surface area (Å²) in [6.45, 7) is 0. The van der Waals surface area contributed by atoms with Gasteiger partial charge in [-0.05, 0) is 24.3 Å². The summed E-state index contributed by atoms with van der Waals surface area (Å²) in [5.41, 5.74) is 3.59. The molecular formula is C21H15BClN5O3. The zero-order valence-corrected chi connectivity index (χ0v) is 17.1. The van der Waals surface area contributed by atoms with E-state index in [9.17, 15) is 9.59 Å². The van der Waals surface area contributed by atoms with E-state index >= 15 is 0 Å². The number of rotatable bonds is 4. The van der Waals surface area contributed by atoms with Crippen LogP contribution in [0.25, 0.3) is 33.5 Å². The van der Waals surface area contributed by atoms with E-state index in [-0.39, 0.29) is 23.5 Å². The van der Waals surface area contributed by atoms with Gasteiger partial charge >= 0.3 is 0 Å². The van der Waals surface area contributed by atoms with Crippen LogP contribution in [0.3, 0.4) is 0 Å². The first-order valence-corrected chi connectivity index (χ1v) is 9.86. The molecule has 0 radical (unpaired) electrons. The van der Waals surface area contributed by atoms with Crippen LogP contribution in [-0.4, -0.2) is 33.7 Å². The Hall–Kier alpha value is -3.85. The smallest absolute Gasteiger partial charge is 0.294 e. The number of furan rings is 1. The first kappa shape index (κ1) is 19.1. The van der Waals surface area contributed by atoms with Gasteiger partial charge in [-0.15, -0.1) is 0 Å². The average Bonchev–Trinajstić information content (AvgIpc) is 3.36. The summed E-state index contributed by atoms with van der Waals surface area (Å²) in [6.07, 6.45) is 3.32. The number of aromatic amines is 2. The molecule has 2 aromatic carbocycles. The van der Waals surface area contributed by atoms with Crippen molar-refractivity contribution in [1.29, 1.82) is 0 Å². The summed E-state index contributed by atoms with van der Waals surface area (Å²) in [6, 6.07) is 10.7. The van der Waals surface area contributed by atoms with Crippen molar-refractivity contribution in [1.82, 2.24) is 19.9 Å². The number of carbonyl (C=O) groups excluding carboxylic acids is 1. The minimum Gasteiger partial charge on any atom is -0.449 e. The first-order chi connectivity index (χ1) is 15.0. The van der Waals surface area contributed by atoms with E-state index < -0.39 is 0 Å². The van der Waals surface area contributed by atoms with Crippen molar-refractivity contribution in [2.75, 3.05) is 5.32 Å². The number of nitrogens with zero attached hydrogens (tertiary/aromatic N) is 2. The molecule has 3 N–H and O–H groups in total. The predicted molar refractivity (Wildman–Crippen MR) is 122 cm³/mol. The third kappa shape index (κ3) is 3.59. The Bertz CT molecular complexity index is 1510. The van der Waals surface area contributed by atoms with Gasteiger partial charge in [0, 0.05) is 22.8 Å². The van der Waals surface area contributed by atoms with Gasteiger partial charge in [-0.3, -0.25) is 9.59 Å². The molecule has 0 unspecified atom stereocenters. The van der Waals surface area contributed by atoms with Crippen LogP contribution in [0.5, 0.6) is 0 Å². The molecule has 31 heavy (non-hydrogen) atoms. The van der Waals surface area contributed by atoms with Gasteiger partial charge in [-0.1, -0.05) is 29.2 Å². The maximum atomic E-state index is 12.6. The van der Waals surface area contributed by atoms with Crippen molar-refractivity contribution < 1.29 is 9.21 Å². The minimum absolute atomic E-state index is 0.140. The summed E-state index contributed by atoms with van der Waals surface area (Å²) >= 11 is 6.46. The fourth-order valence-corrected chi connectivity index (χ4v) is 3.71. The third-order valence-electron chi connectivity index (χ3n) is 4.88. The minimum atomic E-state index is -0.388. The first-order valence-electron chi connectivity index (χ1n) is 9.48. The van der Waals surface area contributed by atoms with Gasteiger partial charge < -0.3 is 19.7 Å². The van der Waals surface area contributed by atoms with Crippen LogP contribution in [0.4, 0.5) is 5.69 Å². The molecule has 0 aliphatic heterocycles. The Kier molecular flexibility index (Phi) is 4.60. The molecule has 0 spiro atoms. The van der Waals surface area contributed by atoms with E-state index in [1.807, 2.05) is 26.0 Å². The lowest BCUT2D eigenvalue weighted by atomic mass is 9.95. The molecule has 152 valence electrons. The number of amides is 1. The molecular weight excluding hydrogens is 417 g/mol. The second-order valence-electron chi connectivity index (χ2n) is 7.17. The van der Waals surface area contributed by atoms with Crippen LogP contribution < -0.4 is 16.3 Å². The molecule has 5 rings (SSSR count). The van der Waals surface area contributed by atoms with Crippen molar-refractivity contribution in [3.63, 3.8) is 0 Å². The van der Waals surface area contributed by atoms with Crippen LogP contribution in [-0.2, 0) is 11.2 Å². The Morgan fingerprint density at radius 3 is 2.87 bits per heavy atom. The standard InChI is InChI=1S/C21H15BClN5O3/c22-10-1-4-16-14(5-10)18-19(31-16)21(30)28-20(27-18)13-3-2-11(6-15(13)23)26-17(29)7-12-8-24-9-25-12/h1-6,8-9H,7,22H2,(H,24,25)(H,26,29)(H,27,28,30). The summed E-state index contributed by atoms with van der Waals surface area (Å²) in [5.74, 6) is 0.102. The van der Waals surface area contributed by atoms with Gasteiger partial charge in [0.1, 0.15) is 24.8 Å². The number of halogens is 1. The summed E-state index contributed by atoms with van der Waals surface area (Å²) in [4.78, 5) is 39.0. The van der Waals surface area contributed by atoms with Crippen molar-refractivity contribution in [2.45, 2.75) is 6.42 Å². The molecule has 10 heteroatoms. The number of H-pyrrole nitrogens is 2. The van der Waals surface area contributed by atoms with Crippen molar-refractivity contribution in [3.8, 4) is 11.4 Å². The normalized spacial score (nSPS) is 11.3. The molecule has 5 aromatic rings. The number of fused-ring (bicyclic) bond motifs is 3. The number of hydrogen-bond acceptors (Lipinski definition) is 5. The molecule has 1 amide bonds. The Balaban J connectivity index is 1.49. The number of imidazole rings is 1. The molecule has 0 aliphatic carbocycles. The van der Waals surface area contributed by atoms with Crippen molar-refractivity contribution >= 4 is 58.6 Å². The van der Waals surface area contributed by atoms with Gasteiger partial charge in [0.05, 0.1) is 23.5 Å². The maximum Gasteiger partial charge on any atom is 0.294 e. The molecule has 0 saturated heterocycles. The molecule has 3 heterocycles. The lowest BCUT2D eigenvalue weighted by molar-refractivity contribution is -0.115. The average molecular weight is 432 g/mol. The van der Waals surface area contributed by atoms with Gasteiger partial charge in [-0.25, -0.2) is 9.97 Å². The van der Waals surface area contributed by atoms with Gasteiger partial charge in [0.25, 0.3) is 5.56 Å². The van der Waals surface area contributed by atoms with E-state index in [1.165, 1.54) is 6.33 Å². The zero-order chi connectivity index (χ0) is 21.5. The highest BCUT2D eigenvalue weighted by Crippen LogP contribution is 2.30. The topological polar surface area (TPSA) is 117 Å². The van der Waals surface area contributed by atoms with Crippen LogP contribution >= 0.6 is 11.6 Å². The molecule has 8 nitrogen and oxygen atoms in total. The second kappa shape index (κ2) is 7.44. The van der Waals surface area contributed by atoms with Crippen molar-refractivity contribution in [2.24, 2.45) is 0 Å². The van der Waals surface area contributed by atoms with E-state index in [1.54, 1.807) is 24.4 Å². The monoisotopic (exact) mass is 431 g/mol. The Labute approximate surface area is 181 Å². The molecule has 0 atom stereocenters.